The number of carboxylic acid groups (broad SMARTS) is 4. The summed E-state index contributed by atoms with van der Waals surface area (Å²) in [6.07, 6.45) is 6.05. The number of aromatic nitrogens is 6. The number of nitrogen functional groups attached to an aromatic ring is 2. The van der Waals surface area contributed by atoms with Crippen molar-refractivity contribution in [3.8, 4) is 0 Å². The van der Waals surface area contributed by atoms with Gasteiger partial charge in [-0.25, -0.2) is 29.5 Å². The Kier molecular flexibility index (Phi) is 32.1. The summed E-state index contributed by atoms with van der Waals surface area (Å²) in [5.74, 6) is -2.66. The normalized spacial score (nSPS) is 10.9. The van der Waals surface area contributed by atoms with Gasteiger partial charge in [0.05, 0.1) is 20.9 Å². The van der Waals surface area contributed by atoms with Gasteiger partial charge in [-0.05, 0) is 25.9 Å². The number of anilines is 2. The molecule has 0 aromatic carbocycles. The third-order valence-corrected chi connectivity index (χ3v) is 9.33. The van der Waals surface area contributed by atoms with Gasteiger partial charge in [0.1, 0.15) is 23.3 Å². The van der Waals surface area contributed by atoms with E-state index in [2.05, 4.69) is 29.1 Å². The zero-order valence-corrected chi connectivity index (χ0v) is 36.9. The molecular formula is C34H50Mn2N10O12S2. The van der Waals surface area contributed by atoms with Gasteiger partial charge >= 0.3 is 11.9 Å². The van der Waals surface area contributed by atoms with Gasteiger partial charge in [-0.1, -0.05) is 22.7 Å². The van der Waals surface area contributed by atoms with Crippen LogP contribution in [0.1, 0.15) is 43.9 Å². The Morgan fingerprint density at radius 3 is 1.20 bits per heavy atom. The summed E-state index contributed by atoms with van der Waals surface area (Å²) in [6.45, 7) is 8.20. The Hall–Kier alpha value is -4.56. The molecule has 0 fully saturated rings. The number of nitrogens with one attached hydrogen (secondary N) is 2. The standard InChI is InChI=1S/2C12H17N4OS.C4H4O4.2C3H6NO3.2Mn/c2*1-8-11(3-4-17)18-7-16(8)6-10-5-14-9(2)15-12(10)13;5-3(6)1-2-4(7)8;2*4-2(1-5)3(6)7;;/h2*5,7,17H,3-4,6H2,1-2H3,(H2,13,14,15);1-2H,(H,5,6)(H,7,8);2*2,4-5H,1H2,(H,6,7);;/q2*+1;;2*-1;;/b;;2-1+;;;;. The summed E-state index contributed by atoms with van der Waals surface area (Å²) < 4.78 is 4.22. The summed E-state index contributed by atoms with van der Waals surface area (Å²) in [5, 5.41) is 65.1. The van der Waals surface area contributed by atoms with Crippen LogP contribution in [0.25, 0.3) is 11.5 Å². The molecule has 0 amide bonds. The van der Waals surface area contributed by atoms with Crippen LogP contribution in [0.5, 0.6) is 0 Å². The Morgan fingerprint density at radius 2 is 0.983 bits per heavy atom. The van der Waals surface area contributed by atoms with E-state index in [0.717, 1.165) is 22.5 Å². The van der Waals surface area contributed by atoms with E-state index in [4.69, 9.17) is 63.8 Å². The zero-order valence-electron chi connectivity index (χ0n) is 32.9. The van der Waals surface area contributed by atoms with Gasteiger partial charge < -0.3 is 63.8 Å². The number of aliphatic carboxylic acids is 4. The van der Waals surface area contributed by atoms with Gasteiger partial charge in [-0.15, -0.1) is 0 Å². The molecule has 2 unspecified atom stereocenters. The summed E-state index contributed by atoms with van der Waals surface area (Å²) >= 11 is 3.30. The van der Waals surface area contributed by atoms with Gasteiger partial charge in [0.2, 0.25) is 11.0 Å². The largest absolute Gasteiger partial charge is 0.663 e. The van der Waals surface area contributed by atoms with Crippen LogP contribution in [0.2, 0.25) is 0 Å². The van der Waals surface area contributed by atoms with E-state index in [1.165, 1.54) is 9.75 Å². The topological polar surface area (TPSA) is 389 Å². The maximum atomic E-state index is 9.58. The molecule has 4 heterocycles. The minimum absolute atomic E-state index is 0. The van der Waals surface area contributed by atoms with Gasteiger partial charge in [0.25, 0.3) is 11.9 Å². The summed E-state index contributed by atoms with van der Waals surface area (Å²) in [6, 6.07) is -2.75. The summed E-state index contributed by atoms with van der Waals surface area (Å²) in [4.78, 5) is 57.3. The Bertz CT molecular complexity index is 1820. The number of nitrogens with zero attached hydrogens (tertiary/aromatic N) is 6. The monoisotopic (exact) mass is 964 g/mol. The number of hydrogen-bond donors (Lipinski definition) is 10. The molecule has 2 atom stereocenters. The second-order valence-corrected chi connectivity index (χ2v) is 13.4. The smallest absolute Gasteiger partial charge is 0.328 e. The van der Waals surface area contributed by atoms with E-state index in [1.54, 1.807) is 35.1 Å². The minimum atomic E-state index is -1.38. The summed E-state index contributed by atoms with van der Waals surface area (Å²) in [5.41, 5.74) is 32.9. The number of rotatable bonds is 14. The third kappa shape index (κ3) is 23.9. The molecule has 0 bridgehead atoms. The number of thiazole rings is 2. The molecule has 0 aliphatic carbocycles. The van der Waals surface area contributed by atoms with Crippen molar-refractivity contribution in [1.82, 2.24) is 19.9 Å². The van der Waals surface area contributed by atoms with Crippen molar-refractivity contribution in [2.24, 2.45) is 0 Å². The molecule has 0 aliphatic rings. The molecular weight excluding hydrogens is 914 g/mol. The predicted octanol–water partition coefficient (Wildman–Crippen LogP) is -0.110. The van der Waals surface area contributed by atoms with Crippen LogP contribution in [0.15, 0.2) is 35.6 Å². The molecule has 14 N–H and O–H groups in total. The van der Waals surface area contributed by atoms with E-state index in [-0.39, 0.29) is 47.4 Å². The van der Waals surface area contributed by atoms with Crippen LogP contribution in [-0.2, 0) is 79.2 Å². The van der Waals surface area contributed by atoms with Crippen LogP contribution in [0, 0.1) is 27.7 Å². The molecule has 334 valence electrons. The Morgan fingerprint density at radius 1 is 0.667 bits per heavy atom. The van der Waals surface area contributed by atoms with Crippen molar-refractivity contribution in [3.63, 3.8) is 0 Å². The van der Waals surface area contributed by atoms with E-state index in [0.29, 0.717) is 61.4 Å². The van der Waals surface area contributed by atoms with Gasteiger partial charge in [0, 0.05) is 112 Å². The molecule has 0 aliphatic heterocycles. The minimum Gasteiger partial charge on any atom is -0.663 e. The first-order valence-electron chi connectivity index (χ1n) is 16.8. The van der Waals surface area contributed by atoms with Crippen molar-refractivity contribution in [3.05, 3.63) is 91.0 Å². The molecule has 0 saturated carbocycles. The number of carboxylic acids is 4. The SMILES string of the molecule is Cc1ncc(C[n+]2csc(CCO)c2C)c(N)n1.Cc1ncc(C[n+]2csc(CCO)c2C)c(N)n1.O=C(O)/C=C/C(=O)O.[Mn].[Mn].[NH-]C(CO)C(=O)O.[NH-]C(CO)C(=O)O. The van der Waals surface area contributed by atoms with E-state index in [1.807, 2.05) is 38.7 Å². The van der Waals surface area contributed by atoms with E-state index in [9.17, 15) is 19.2 Å². The Balaban J connectivity index is -0.000000722. The van der Waals surface area contributed by atoms with Crippen molar-refractivity contribution in [2.45, 2.75) is 65.7 Å². The number of hydrogen-bond acceptors (Lipinski definition) is 16. The molecule has 22 nitrogen and oxygen atoms in total. The second-order valence-electron chi connectivity index (χ2n) is 11.5. The molecule has 4 rings (SSSR count). The van der Waals surface area contributed by atoms with E-state index >= 15 is 0 Å². The van der Waals surface area contributed by atoms with Gasteiger partial charge in [-0.2, -0.15) is 9.13 Å². The van der Waals surface area contributed by atoms with Crippen LogP contribution in [0.3, 0.4) is 0 Å². The molecule has 26 heteroatoms. The number of aryl methyl sites for hydroxylation is 2. The van der Waals surface area contributed by atoms with Crippen LogP contribution >= 0.6 is 22.7 Å². The fraction of sp³-hybridized carbons (Fsp3) is 0.412. The van der Waals surface area contributed by atoms with Crippen LogP contribution in [-0.4, -0.2) is 123 Å². The maximum Gasteiger partial charge on any atom is 0.328 e. The number of aliphatic hydroxyl groups is 4. The van der Waals surface area contributed by atoms with Crippen LogP contribution < -0.4 is 20.6 Å². The van der Waals surface area contributed by atoms with Crippen molar-refractivity contribution in [1.29, 1.82) is 0 Å². The first-order valence-corrected chi connectivity index (χ1v) is 18.5. The predicted molar refractivity (Wildman–Crippen MR) is 211 cm³/mol. The van der Waals surface area contributed by atoms with Crippen molar-refractivity contribution in [2.75, 3.05) is 37.9 Å². The average molecular weight is 965 g/mol. The first-order chi connectivity index (χ1) is 27.2. The third-order valence-electron chi connectivity index (χ3n) is 7.04. The molecule has 0 spiro atoms. The average Bonchev–Trinajstić information content (AvgIpc) is 3.69. The Labute approximate surface area is 374 Å². The molecule has 60 heavy (non-hydrogen) atoms. The fourth-order valence-corrected chi connectivity index (χ4v) is 5.80. The number of aliphatic hydroxyl groups excluding tert-OH is 4. The summed E-state index contributed by atoms with van der Waals surface area (Å²) in [7, 11) is 0. The molecule has 2 radical (unpaired) electrons. The maximum absolute atomic E-state index is 9.58. The van der Waals surface area contributed by atoms with Crippen molar-refractivity contribution >= 4 is 58.2 Å². The van der Waals surface area contributed by atoms with Gasteiger partial charge in [0.15, 0.2) is 24.5 Å². The number of nitrogens with two attached hydrogens (primary N) is 2. The fourth-order valence-electron chi connectivity index (χ4n) is 3.83. The molecule has 4 aromatic rings. The first kappa shape index (κ1) is 59.7. The van der Waals surface area contributed by atoms with E-state index < -0.39 is 49.2 Å². The van der Waals surface area contributed by atoms with Gasteiger partial charge in [-0.3, -0.25) is 9.59 Å². The van der Waals surface area contributed by atoms with Crippen molar-refractivity contribution < 1.29 is 103 Å². The quantitative estimate of drug-likeness (QED) is 0.0448. The molecule has 4 aromatic heterocycles. The second kappa shape index (κ2) is 32.2. The zero-order chi connectivity index (χ0) is 44.5. The molecule has 0 saturated heterocycles. The van der Waals surface area contributed by atoms with Crippen LogP contribution in [0.4, 0.5) is 11.6 Å². The number of carbonyl (C=O) groups is 4.